The van der Waals surface area contributed by atoms with E-state index >= 15 is 0 Å². The molecule has 3 aromatic rings. The molecule has 0 aliphatic carbocycles. The van der Waals surface area contributed by atoms with Crippen molar-refractivity contribution in [1.29, 1.82) is 0 Å². The van der Waals surface area contributed by atoms with Crippen molar-refractivity contribution in [3.63, 3.8) is 0 Å². The number of hydrogen-bond acceptors (Lipinski definition) is 5. The van der Waals surface area contributed by atoms with Crippen LogP contribution in [0.2, 0.25) is 0 Å². The molecule has 28 heavy (non-hydrogen) atoms. The van der Waals surface area contributed by atoms with Gasteiger partial charge in [0.2, 0.25) is 0 Å². The lowest BCUT2D eigenvalue weighted by Crippen LogP contribution is -2.18. The molecule has 1 aromatic heterocycles. The molecule has 1 N–H and O–H groups in total. The number of rotatable bonds is 6. The van der Waals surface area contributed by atoms with Gasteiger partial charge in [0.25, 0.3) is 11.6 Å². The molecule has 1 amide bonds. The number of anilines is 1. The van der Waals surface area contributed by atoms with Gasteiger partial charge in [0, 0.05) is 49.4 Å². The number of carbonyl (C=O) groups excluding carboxylic acids is 1. The largest absolute Gasteiger partial charge is 0.378 e. The number of nitro benzene ring substituents is 1. The van der Waals surface area contributed by atoms with Crippen molar-refractivity contribution in [3.05, 3.63) is 88.2 Å². The van der Waals surface area contributed by atoms with Crippen molar-refractivity contribution in [1.82, 2.24) is 9.99 Å². The Balaban J connectivity index is 1.72. The molecule has 3 rings (SSSR count). The first-order valence-corrected chi connectivity index (χ1v) is 8.48. The number of nitrogens with zero attached hydrogens (tertiary/aromatic N) is 4. The van der Waals surface area contributed by atoms with Gasteiger partial charge in [-0.05, 0) is 42.5 Å². The average Bonchev–Trinajstić information content (AvgIpc) is 3.16. The summed E-state index contributed by atoms with van der Waals surface area (Å²) in [5.74, 6) is -0.520. The molecule has 0 fully saturated rings. The fourth-order valence-electron chi connectivity index (χ4n) is 2.63. The van der Waals surface area contributed by atoms with Crippen LogP contribution in [-0.2, 0) is 0 Å². The third-order valence-corrected chi connectivity index (χ3v) is 4.11. The van der Waals surface area contributed by atoms with Gasteiger partial charge in [-0.25, -0.2) is 5.43 Å². The second kappa shape index (κ2) is 8.17. The zero-order valence-corrected chi connectivity index (χ0v) is 15.4. The predicted molar refractivity (Wildman–Crippen MR) is 108 cm³/mol. The highest BCUT2D eigenvalue weighted by molar-refractivity contribution is 5.95. The zero-order valence-electron chi connectivity index (χ0n) is 15.4. The van der Waals surface area contributed by atoms with Crippen LogP contribution in [-0.4, -0.2) is 35.7 Å². The molecule has 1 heterocycles. The molecule has 8 heteroatoms. The first-order valence-electron chi connectivity index (χ1n) is 8.48. The molecule has 0 atom stereocenters. The van der Waals surface area contributed by atoms with Crippen molar-refractivity contribution < 1.29 is 9.72 Å². The highest BCUT2D eigenvalue weighted by Crippen LogP contribution is 2.17. The number of benzene rings is 2. The maximum Gasteiger partial charge on any atom is 0.271 e. The maximum absolute atomic E-state index is 12.1. The SMILES string of the molecule is CN(C)c1ccc(-n2cccc2/C=N\NC(=O)c2cccc([N+](=O)[O-])c2)cc1. The quantitative estimate of drug-likeness (QED) is 0.405. The lowest BCUT2D eigenvalue weighted by Gasteiger charge is -2.13. The molecule has 0 spiro atoms. The molecule has 0 aliphatic heterocycles. The van der Waals surface area contributed by atoms with E-state index in [2.05, 4.69) is 10.5 Å². The Hall–Kier alpha value is -3.94. The van der Waals surface area contributed by atoms with Crippen molar-refractivity contribution >= 4 is 23.5 Å². The fraction of sp³-hybridized carbons (Fsp3) is 0.100. The minimum atomic E-state index is -0.547. The normalized spacial score (nSPS) is 10.8. The van der Waals surface area contributed by atoms with Crippen molar-refractivity contribution in [2.75, 3.05) is 19.0 Å². The standard InChI is InChI=1S/C20H19N5O3/c1-23(2)16-8-10-17(11-9-16)24-12-4-7-19(24)14-21-22-20(26)15-5-3-6-18(13-15)25(27)28/h3-14H,1-2H3,(H,22,26)/b21-14-. The first-order chi connectivity index (χ1) is 13.5. The Morgan fingerprint density at radius 1 is 1.14 bits per heavy atom. The van der Waals surface area contributed by atoms with E-state index in [0.717, 1.165) is 17.1 Å². The van der Waals surface area contributed by atoms with Crippen molar-refractivity contribution in [2.45, 2.75) is 0 Å². The highest BCUT2D eigenvalue weighted by atomic mass is 16.6. The van der Waals surface area contributed by atoms with Gasteiger partial charge in [-0.2, -0.15) is 5.10 Å². The van der Waals surface area contributed by atoms with Crippen LogP contribution >= 0.6 is 0 Å². The van der Waals surface area contributed by atoms with Crippen LogP contribution in [0.1, 0.15) is 16.1 Å². The second-order valence-electron chi connectivity index (χ2n) is 6.22. The topological polar surface area (TPSA) is 92.8 Å². The van der Waals surface area contributed by atoms with E-state index in [1.807, 2.05) is 66.2 Å². The van der Waals surface area contributed by atoms with E-state index < -0.39 is 10.8 Å². The third-order valence-electron chi connectivity index (χ3n) is 4.11. The van der Waals surface area contributed by atoms with Gasteiger partial charge in [-0.15, -0.1) is 0 Å². The number of nitrogens with one attached hydrogen (secondary N) is 1. The van der Waals surface area contributed by atoms with E-state index in [9.17, 15) is 14.9 Å². The Kier molecular flexibility index (Phi) is 5.50. The zero-order chi connectivity index (χ0) is 20.1. The minimum Gasteiger partial charge on any atom is -0.378 e. The van der Waals surface area contributed by atoms with E-state index in [0.29, 0.717) is 0 Å². The van der Waals surface area contributed by atoms with Crippen molar-refractivity contribution in [3.8, 4) is 5.69 Å². The van der Waals surface area contributed by atoms with Gasteiger partial charge in [-0.3, -0.25) is 14.9 Å². The van der Waals surface area contributed by atoms with Crippen LogP contribution in [0.15, 0.2) is 72.0 Å². The van der Waals surface area contributed by atoms with Crippen LogP contribution in [0.5, 0.6) is 0 Å². The summed E-state index contributed by atoms with van der Waals surface area (Å²) in [5.41, 5.74) is 5.24. The summed E-state index contributed by atoms with van der Waals surface area (Å²) in [6.07, 6.45) is 3.42. The maximum atomic E-state index is 12.1. The van der Waals surface area contributed by atoms with Crippen molar-refractivity contribution in [2.24, 2.45) is 5.10 Å². The third kappa shape index (κ3) is 4.24. The monoisotopic (exact) mass is 377 g/mol. The van der Waals surface area contributed by atoms with Crippen LogP contribution in [0.25, 0.3) is 5.69 Å². The van der Waals surface area contributed by atoms with Gasteiger partial charge >= 0.3 is 0 Å². The molecule has 0 radical (unpaired) electrons. The van der Waals surface area contributed by atoms with Crippen LogP contribution in [0.3, 0.4) is 0 Å². The van der Waals surface area contributed by atoms with Gasteiger partial charge in [0.15, 0.2) is 0 Å². The summed E-state index contributed by atoms with van der Waals surface area (Å²) < 4.78 is 1.93. The molecule has 0 unspecified atom stereocenters. The Morgan fingerprint density at radius 3 is 2.57 bits per heavy atom. The molecule has 0 saturated carbocycles. The lowest BCUT2D eigenvalue weighted by atomic mass is 10.2. The van der Waals surface area contributed by atoms with E-state index in [1.54, 1.807) is 0 Å². The summed E-state index contributed by atoms with van der Waals surface area (Å²) in [5, 5.41) is 14.8. The van der Waals surface area contributed by atoms with Gasteiger partial charge in [0.05, 0.1) is 16.8 Å². The molecule has 2 aromatic carbocycles. The average molecular weight is 377 g/mol. The van der Waals surface area contributed by atoms with Gasteiger partial charge in [-0.1, -0.05) is 6.07 Å². The van der Waals surface area contributed by atoms with Gasteiger partial charge in [0.1, 0.15) is 0 Å². The first kappa shape index (κ1) is 18.8. The Bertz CT molecular complexity index is 1020. The molecule has 0 saturated heterocycles. The Morgan fingerprint density at radius 2 is 1.89 bits per heavy atom. The number of hydrogen-bond donors (Lipinski definition) is 1. The summed E-state index contributed by atoms with van der Waals surface area (Å²) in [4.78, 5) is 24.4. The minimum absolute atomic E-state index is 0.147. The molecular formula is C20H19N5O3. The second-order valence-corrected chi connectivity index (χ2v) is 6.22. The summed E-state index contributed by atoms with van der Waals surface area (Å²) >= 11 is 0. The summed E-state index contributed by atoms with van der Waals surface area (Å²) in [6.45, 7) is 0. The number of amides is 1. The van der Waals surface area contributed by atoms with E-state index in [-0.39, 0.29) is 11.3 Å². The molecule has 0 aliphatic rings. The summed E-state index contributed by atoms with van der Waals surface area (Å²) in [6, 6.07) is 17.2. The molecule has 8 nitrogen and oxygen atoms in total. The number of nitro groups is 1. The Labute approximate surface area is 161 Å². The predicted octanol–water partition coefficient (Wildman–Crippen LogP) is 3.22. The smallest absolute Gasteiger partial charge is 0.271 e. The fourth-order valence-corrected chi connectivity index (χ4v) is 2.63. The summed E-state index contributed by atoms with van der Waals surface area (Å²) in [7, 11) is 3.96. The van der Waals surface area contributed by atoms with Crippen LogP contribution in [0.4, 0.5) is 11.4 Å². The van der Waals surface area contributed by atoms with Crippen LogP contribution in [0, 0.1) is 10.1 Å². The molecule has 142 valence electrons. The number of aromatic nitrogens is 1. The number of hydrazone groups is 1. The highest BCUT2D eigenvalue weighted by Gasteiger charge is 2.10. The molecule has 0 bridgehead atoms. The number of carbonyl (C=O) groups is 1. The number of non-ortho nitro benzene ring substituents is 1. The van der Waals surface area contributed by atoms with E-state index in [1.165, 1.54) is 30.5 Å². The lowest BCUT2D eigenvalue weighted by molar-refractivity contribution is -0.384. The van der Waals surface area contributed by atoms with Crippen LogP contribution < -0.4 is 10.3 Å². The van der Waals surface area contributed by atoms with Gasteiger partial charge < -0.3 is 9.47 Å². The molecular weight excluding hydrogens is 358 g/mol. The van der Waals surface area contributed by atoms with E-state index in [4.69, 9.17) is 0 Å².